The number of halogens is 2. The molecule has 2 atom stereocenters. The second-order valence-corrected chi connectivity index (χ2v) is 3.56. The van der Waals surface area contributed by atoms with E-state index in [0.717, 1.165) is 6.07 Å². The van der Waals surface area contributed by atoms with Crippen LogP contribution in [0.1, 0.15) is 30.3 Å². The molecule has 0 spiro atoms. The van der Waals surface area contributed by atoms with Gasteiger partial charge in [0.2, 0.25) is 0 Å². The van der Waals surface area contributed by atoms with Crippen LogP contribution in [-0.2, 0) is 4.79 Å². The Morgan fingerprint density at radius 1 is 1.53 bits per heavy atom. The third-order valence-electron chi connectivity index (χ3n) is 2.36. The molecular weight excluding hydrogens is 232 g/mol. The molecular formula is C11H13F2NO3. The van der Waals surface area contributed by atoms with Crippen LogP contribution in [0, 0.1) is 5.82 Å². The first-order valence-electron chi connectivity index (χ1n) is 4.88. The molecule has 0 amide bonds. The summed E-state index contributed by atoms with van der Waals surface area (Å²) in [5, 5.41) is 8.78. The Balaban J connectivity index is 3.38. The molecule has 0 bridgehead atoms. The van der Waals surface area contributed by atoms with Crippen LogP contribution in [0.4, 0.5) is 8.78 Å². The van der Waals surface area contributed by atoms with Crippen molar-refractivity contribution in [2.45, 2.75) is 19.1 Å². The van der Waals surface area contributed by atoms with Gasteiger partial charge in [0.15, 0.2) is 11.6 Å². The largest absolute Gasteiger partial charge is 0.493 e. The summed E-state index contributed by atoms with van der Waals surface area (Å²) in [5.74, 6) is -2.45. The molecule has 0 saturated heterocycles. The van der Waals surface area contributed by atoms with Crippen molar-refractivity contribution in [2.24, 2.45) is 5.73 Å². The van der Waals surface area contributed by atoms with Crippen molar-refractivity contribution in [2.75, 3.05) is 7.11 Å². The number of rotatable bonds is 4. The molecule has 6 heteroatoms. The zero-order valence-corrected chi connectivity index (χ0v) is 9.41. The number of methoxy groups -OCH3 is 1. The molecule has 0 aliphatic heterocycles. The standard InChI is InChI=1S/C11H13F2NO3/c1-5(12)6-3-7(9(14)11(15)16)10(17-2)8(13)4-6/h3-5,9H,14H2,1-2H3,(H,15,16). The summed E-state index contributed by atoms with van der Waals surface area (Å²) in [5.41, 5.74) is 5.32. The first-order valence-corrected chi connectivity index (χ1v) is 4.88. The van der Waals surface area contributed by atoms with E-state index >= 15 is 0 Å². The van der Waals surface area contributed by atoms with Crippen molar-refractivity contribution >= 4 is 5.97 Å². The number of hydrogen-bond acceptors (Lipinski definition) is 3. The van der Waals surface area contributed by atoms with Gasteiger partial charge in [-0.05, 0) is 24.6 Å². The Bertz CT molecular complexity index is 435. The highest BCUT2D eigenvalue weighted by Gasteiger charge is 2.23. The number of benzene rings is 1. The summed E-state index contributed by atoms with van der Waals surface area (Å²) < 4.78 is 31.4. The highest BCUT2D eigenvalue weighted by atomic mass is 19.1. The predicted octanol–water partition coefficient (Wildman–Crippen LogP) is 1.95. The SMILES string of the molecule is COc1c(F)cc(C(C)F)cc1C(N)C(=O)O. The Morgan fingerprint density at radius 3 is 2.53 bits per heavy atom. The summed E-state index contributed by atoms with van der Waals surface area (Å²) in [6, 6.07) is 0.700. The van der Waals surface area contributed by atoms with E-state index in [1.54, 1.807) is 0 Å². The van der Waals surface area contributed by atoms with Crippen LogP contribution in [0.2, 0.25) is 0 Å². The number of hydrogen-bond donors (Lipinski definition) is 2. The highest BCUT2D eigenvalue weighted by molar-refractivity contribution is 5.76. The maximum absolute atomic E-state index is 13.6. The number of carboxylic acid groups (broad SMARTS) is 1. The molecule has 0 radical (unpaired) electrons. The van der Waals surface area contributed by atoms with E-state index in [1.807, 2.05) is 0 Å². The normalized spacial score (nSPS) is 14.2. The van der Waals surface area contributed by atoms with Gasteiger partial charge in [-0.25, -0.2) is 8.78 Å². The summed E-state index contributed by atoms with van der Waals surface area (Å²) >= 11 is 0. The molecule has 0 fully saturated rings. The first-order chi connectivity index (χ1) is 7.88. The molecule has 0 aliphatic rings. The molecule has 2 unspecified atom stereocenters. The van der Waals surface area contributed by atoms with Crippen molar-refractivity contribution in [1.82, 2.24) is 0 Å². The van der Waals surface area contributed by atoms with Gasteiger partial charge < -0.3 is 15.6 Å². The molecule has 0 heterocycles. The maximum Gasteiger partial charge on any atom is 0.325 e. The highest BCUT2D eigenvalue weighted by Crippen LogP contribution is 2.31. The number of nitrogens with two attached hydrogens (primary N) is 1. The number of alkyl halides is 1. The molecule has 94 valence electrons. The van der Waals surface area contributed by atoms with E-state index in [-0.39, 0.29) is 16.9 Å². The minimum Gasteiger partial charge on any atom is -0.493 e. The first kappa shape index (κ1) is 13.4. The van der Waals surface area contributed by atoms with E-state index < -0.39 is 24.0 Å². The van der Waals surface area contributed by atoms with Crippen LogP contribution in [0.5, 0.6) is 5.75 Å². The van der Waals surface area contributed by atoms with Crippen LogP contribution in [0.15, 0.2) is 12.1 Å². The zero-order chi connectivity index (χ0) is 13.2. The molecule has 1 aromatic carbocycles. The average molecular weight is 245 g/mol. The van der Waals surface area contributed by atoms with Crippen LogP contribution >= 0.6 is 0 Å². The molecule has 4 nitrogen and oxygen atoms in total. The second kappa shape index (κ2) is 5.09. The van der Waals surface area contributed by atoms with Crippen molar-refractivity contribution in [3.63, 3.8) is 0 Å². The van der Waals surface area contributed by atoms with Crippen molar-refractivity contribution in [3.05, 3.63) is 29.1 Å². The predicted molar refractivity (Wildman–Crippen MR) is 57.0 cm³/mol. The van der Waals surface area contributed by atoms with Crippen molar-refractivity contribution in [1.29, 1.82) is 0 Å². The summed E-state index contributed by atoms with van der Waals surface area (Å²) in [6.45, 7) is 1.22. The van der Waals surface area contributed by atoms with Crippen LogP contribution in [0.25, 0.3) is 0 Å². The fraction of sp³-hybridized carbons (Fsp3) is 0.364. The van der Waals surface area contributed by atoms with Gasteiger partial charge in [0.05, 0.1) is 7.11 Å². The molecule has 0 aromatic heterocycles. The molecule has 0 aliphatic carbocycles. The van der Waals surface area contributed by atoms with Crippen molar-refractivity contribution < 1.29 is 23.4 Å². The van der Waals surface area contributed by atoms with Crippen molar-refractivity contribution in [3.8, 4) is 5.75 Å². The fourth-order valence-corrected chi connectivity index (χ4v) is 1.45. The molecule has 1 rings (SSSR count). The van der Waals surface area contributed by atoms with E-state index in [4.69, 9.17) is 15.6 Å². The second-order valence-electron chi connectivity index (χ2n) is 3.56. The third kappa shape index (κ3) is 2.71. The van der Waals surface area contributed by atoms with Gasteiger partial charge in [-0.1, -0.05) is 0 Å². The lowest BCUT2D eigenvalue weighted by Crippen LogP contribution is -2.22. The maximum atomic E-state index is 13.6. The minimum atomic E-state index is -1.46. The van der Waals surface area contributed by atoms with E-state index in [9.17, 15) is 13.6 Å². The molecule has 17 heavy (non-hydrogen) atoms. The lowest BCUT2D eigenvalue weighted by molar-refractivity contribution is -0.138. The van der Waals surface area contributed by atoms with Gasteiger partial charge in [-0.3, -0.25) is 4.79 Å². The molecule has 0 saturated carbocycles. The lowest BCUT2D eigenvalue weighted by Gasteiger charge is -2.15. The van der Waals surface area contributed by atoms with E-state index in [1.165, 1.54) is 20.1 Å². The van der Waals surface area contributed by atoms with Gasteiger partial charge in [-0.15, -0.1) is 0 Å². The Kier molecular flexibility index (Phi) is 4.01. The van der Waals surface area contributed by atoms with Gasteiger partial charge in [0, 0.05) is 5.56 Å². The van der Waals surface area contributed by atoms with Crippen LogP contribution < -0.4 is 10.5 Å². The third-order valence-corrected chi connectivity index (χ3v) is 2.36. The monoisotopic (exact) mass is 245 g/mol. The van der Waals surface area contributed by atoms with Gasteiger partial charge in [0.1, 0.15) is 12.2 Å². The topological polar surface area (TPSA) is 72.5 Å². The number of carboxylic acids is 1. The van der Waals surface area contributed by atoms with Gasteiger partial charge in [-0.2, -0.15) is 0 Å². The number of ether oxygens (including phenoxy) is 1. The molecule has 3 N–H and O–H groups in total. The van der Waals surface area contributed by atoms with E-state index in [0.29, 0.717) is 0 Å². The van der Waals surface area contributed by atoms with E-state index in [2.05, 4.69) is 0 Å². The quantitative estimate of drug-likeness (QED) is 0.850. The smallest absolute Gasteiger partial charge is 0.325 e. The lowest BCUT2D eigenvalue weighted by atomic mass is 10.0. The molecule has 1 aromatic rings. The Labute approximate surface area is 97.0 Å². The number of carbonyl (C=O) groups is 1. The van der Waals surface area contributed by atoms with Gasteiger partial charge in [0.25, 0.3) is 0 Å². The average Bonchev–Trinajstić information content (AvgIpc) is 2.26. The van der Waals surface area contributed by atoms with Crippen LogP contribution in [0.3, 0.4) is 0 Å². The van der Waals surface area contributed by atoms with Gasteiger partial charge >= 0.3 is 5.97 Å². The summed E-state index contributed by atoms with van der Waals surface area (Å²) in [7, 11) is 1.19. The van der Waals surface area contributed by atoms with Crippen LogP contribution in [-0.4, -0.2) is 18.2 Å². The Morgan fingerprint density at radius 2 is 2.12 bits per heavy atom. The summed E-state index contributed by atoms with van der Waals surface area (Å²) in [6.07, 6.45) is -1.42. The Hall–Kier alpha value is -1.69. The number of aliphatic carboxylic acids is 1. The fourth-order valence-electron chi connectivity index (χ4n) is 1.45. The minimum absolute atomic E-state index is 0.0231. The zero-order valence-electron chi connectivity index (χ0n) is 9.41. The summed E-state index contributed by atoms with van der Waals surface area (Å²) in [4.78, 5) is 10.8.